The quantitative estimate of drug-likeness (QED) is 0.390. The topological polar surface area (TPSA) is 69.7 Å². The fourth-order valence-electron chi connectivity index (χ4n) is 3.04. The van der Waals surface area contributed by atoms with Gasteiger partial charge in [-0.05, 0) is 30.3 Å². The number of aromatic nitrogens is 1. The third kappa shape index (κ3) is 4.57. The summed E-state index contributed by atoms with van der Waals surface area (Å²) >= 11 is 7.74. The van der Waals surface area contributed by atoms with E-state index in [1.807, 2.05) is 48.5 Å². The molecule has 0 saturated carbocycles. The van der Waals surface area contributed by atoms with Crippen LogP contribution in [-0.4, -0.2) is 31.7 Å². The highest BCUT2D eigenvalue weighted by atomic mass is 35.5. The standard InChI is InChI=1S/C23H19ClN2O4S/c1-28-19-12-20(29-2)17(11-15(19)24)25-22(27)13-30-18-9-5-3-7-14(18)23-26-16-8-4-6-10-21(16)31-23/h3-12H,13H2,1-2H3,(H,25,27). The highest BCUT2D eigenvalue weighted by molar-refractivity contribution is 7.21. The Morgan fingerprint density at radius 2 is 1.74 bits per heavy atom. The zero-order valence-corrected chi connectivity index (χ0v) is 18.4. The van der Waals surface area contributed by atoms with Crippen LogP contribution in [0.3, 0.4) is 0 Å². The van der Waals surface area contributed by atoms with Crippen LogP contribution in [0.5, 0.6) is 17.2 Å². The van der Waals surface area contributed by atoms with Crippen LogP contribution in [0.25, 0.3) is 20.8 Å². The molecule has 1 heterocycles. The maximum atomic E-state index is 12.5. The fourth-order valence-corrected chi connectivity index (χ4v) is 4.28. The van der Waals surface area contributed by atoms with Crippen molar-refractivity contribution < 1.29 is 19.0 Å². The lowest BCUT2D eigenvalue weighted by atomic mass is 10.2. The van der Waals surface area contributed by atoms with Crippen LogP contribution in [0.4, 0.5) is 5.69 Å². The number of thiazole rings is 1. The average Bonchev–Trinajstić information content (AvgIpc) is 3.22. The van der Waals surface area contributed by atoms with Crippen LogP contribution in [0.1, 0.15) is 0 Å². The molecule has 0 radical (unpaired) electrons. The summed E-state index contributed by atoms with van der Waals surface area (Å²) in [5, 5.41) is 3.96. The number of benzene rings is 3. The molecule has 1 amide bonds. The molecule has 1 aromatic heterocycles. The van der Waals surface area contributed by atoms with Crippen LogP contribution < -0.4 is 19.5 Å². The summed E-state index contributed by atoms with van der Waals surface area (Å²) in [6.07, 6.45) is 0. The van der Waals surface area contributed by atoms with E-state index in [1.165, 1.54) is 14.2 Å². The molecule has 31 heavy (non-hydrogen) atoms. The lowest BCUT2D eigenvalue weighted by Gasteiger charge is -2.14. The summed E-state index contributed by atoms with van der Waals surface area (Å²) in [5.41, 5.74) is 2.20. The molecular formula is C23H19ClN2O4S. The normalized spacial score (nSPS) is 10.7. The Balaban J connectivity index is 1.50. The molecule has 0 aliphatic rings. The number of methoxy groups -OCH3 is 2. The van der Waals surface area contributed by atoms with Crippen molar-refractivity contribution >= 4 is 44.7 Å². The molecule has 0 unspecified atom stereocenters. The summed E-state index contributed by atoms with van der Waals surface area (Å²) in [7, 11) is 3.01. The van der Waals surface area contributed by atoms with Gasteiger partial charge in [-0.15, -0.1) is 11.3 Å². The first-order valence-corrected chi connectivity index (χ1v) is 10.6. The molecule has 0 spiro atoms. The van der Waals surface area contributed by atoms with Gasteiger partial charge in [-0.2, -0.15) is 0 Å². The second-order valence-electron chi connectivity index (χ2n) is 6.51. The number of fused-ring (bicyclic) bond motifs is 1. The summed E-state index contributed by atoms with van der Waals surface area (Å²) < 4.78 is 17.4. The number of ether oxygens (including phenoxy) is 3. The van der Waals surface area contributed by atoms with Crippen molar-refractivity contribution in [1.29, 1.82) is 0 Å². The third-order valence-corrected chi connectivity index (χ3v) is 5.88. The number of halogens is 1. The molecular weight excluding hydrogens is 436 g/mol. The summed E-state index contributed by atoms with van der Waals surface area (Å²) in [4.78, 5) is 17.2. The monoisotopic (exact) mass is 454 g/mol. The van der Waals surface area contributed by atoms with Crippen LogP contribution in [0, 0.1) is 0 Å². The maximum absolute atomic E-state index is 12.5. The van der Waals surface area contributed by atoms with Crippen LogP contribution >= 0.6 is 22.9 Å². The van der Waals surface area contributed by atoms with E-state index in [9.17, 15) is 4.79 Å². The van der Waals surface area contributed by atoms with Crippen molar-refractivity contribution in [2.24, 2.45) is 0 Å². The van der Waals surface area contributed by atoms with Crippen molar-refractivity contribution in [3.05, 3.63) is 65.7 Å². The Labute approximate surface area is 188 Å². The van der Waals surface area contributed by atoms with E-state index in [1.54, 1.807) is 23.5 Å². The SMILES string of the molecule is COc1cc(OC)c(NC(=O)COc2ccccc2-c2nc3ccccc3s2)cc1Cl. The van der Waals surface area contributed by atoms with E-state index in [0.717, 1.165) is 20.8 Å². The Bertz CT molecular complexity index is 1210. The number of para-hydroxylation sites is 2. The summed E-state index contributed by atoms with van der Waals surface area (Å²) in [6, 6.07) is 18.6. The maximum Gasteiger partial charge on any atom is 0.262 e. The molecule has 3 aromatic carbocycles. The molecule has 0 bridgehead atoms. The molecule has 4 rings (SSSR count). The second-order valence-corrected chi connectivity index (χ2v) is 7.94. The zero-order chi connectivity index (χ0) is 21.8. The Morgan fingerprint density at radius 3 is 2.52 bits per heavy atom. The molecule has 8 heteroatoms. The van der Waals surface area contributed by atoms with E-state index >= 15 is 0 Å². The number of rotatable bonds is 7. The van der Waals surface area contributed by atoms with Gasteiger partial charge in [-0.3, -0.25) is 4.79 Å². The van der Waals surface area contributed by atoms with Gasteiger partial charge in [0.1, 0.15) is 22.3 Å². The van der Waals surface area contributed by atoms with Gasteiger partial charge in [-0.1, -0.05) is 35.9 Å². The largest absolute Gasteiger partial charge is 0.495 e. The molecule has 6 nitrogen and oxygen atoms in total. The van der Waals surface area contributed by atoms with Gasteiger partial charge in [0.15, 0.2) is 6.61 Å². The zero-order valence-electron chi connectivity index (χ0n) is 16.8. The van der Waals surface area contributed by atoms with Crippen LogP contribution in [0.2, 0.25) is 5.02 Å². The molecule has 4 aromatic rings. The summed E-state index contributed by atoms with van der Waals surface area (Å²) in [5.74, 6) is 1.12. The first-order chi connectivity index (χ1) is 15.1. The molecule has 0 fully saturated rings. The number of hydrogen-bond acceptors (Lipinski definition) is 6. The minimum Gasteiger partial charge on any atom is -0.495 e. The number of nitrogens with one attached hydrogen (secondary N) is 1. The lowest BCUT2D eigenvalue weighted by Crippen LogP contribution is -2.20. The minimum absolute atomic E-state index is 0.186. The number of carbonyl (C=O) groups excluding carboxylic acids is 1. The van der Waals surface area contributed by atoms with Crippen molar-refractivity contribution in [3.63, 3.8) is 0 Å². The number of hydrogen-bond donors (Lipinski definition) is 1. The highest BCUT2D eigenvalue weighted by Crippen LogP contribution is 2.37. The van der Waals surface area contributed by atoms with Crippen LogP contribution in [-0.2, 0) is 4.79 Å². The van der Waals surface area contributed by atoms with Gasteiger partial charge < -0.3 is 19.5 Å². The van der Waals surface area contributed by atoms with Crippen molar-refractivity contribution in [3.8, 4) is 27.8 Å². The first kappa shape index (κ1) is 21.0. The molecule has 158 valence electrons. The molecule has 1 N–H and O–H groups in total. The van der Waals surface area contributed by atoms with Crippen molar-refractivity contribution in [2.75, 3.05) is 26.1 Å². The molecule has 0 saturated heterocycles. The van der Waals surface area contributed by atoms with E-state index in [-0.39, 0.29) is 12.5 Å². The Morgan fingerprint density at radius 1 is 1.00 bits per heavy atom. The van der Waals surface area contributed by atoms with Gasteiger partial charge in [0.25, 0.3) is 5.91 Å². The van der Waals surface area contributed by atoms with Gasteiger partial charge >= 0.3 is 0 Å². The Hall–Kier alpha value is -3.29. The van der Waals surface area contributed by atoms with Crippen LogP contribution in [0.15, 0.2) is 60.7 Å². The summed E-state index contributed by atoms with van der Waals surface area (Å²) in [6.45, 7) is -0.186. The third-order valence-electron chi connectivity index (χ3n) is 4.52. The molecule has 0 atom stereocenters. The number of amides is 1. The molecule has 0 aliphatic heterocycles. The predicted molar refractivity (Wildman–Crippen MR) is 124 cm³/mol. The van der Waals surface area contributed by atoms with Gasteiger partial charge in [0, 0.05) is 6.07 Å². The van der Waals surface area contributed by atoms with E-state index in [0.29, 0.717) is 28.0 Å². The minimum atomic E-state index is -0.348. The van der Waals surface area contributed by atoms with E-state index < -0.39 is 0 Å². The van der Waals surface area contributed by atoms with Gasteiger partial charge in [-0.25, -0.2) is 4.98 Å². The Kier molecular flexibility index (Phi) is 6.25. The lowest BCUT2D eigenvalue weighted by molar-refractivity contribution is -0.118. The molecule has 0 aliphatic carbocycles. The number of carbonyl (C=O) groups is 1. The number of nitrogens with zero attached hydrogens (tertiary/aromatic N) is 1. The average molecular weight is 455 g/mol. The number of anilines is 1. The van der Waals surface area contributed by atoms with E-state index in [2.05, 4.69) is 10.3 Å². The highest BCUT2D eigenvalue weighted by Gasteiger charge is 2.15. The van der Waals surface area contributed by atoms with Gasteiger partial charge in [0.05, 0.1) is 40.7 Å². The van der Waals surface area contributed by atoms with Gasteiger partial charge in [0.2, 0.25) is 0 Å². The smallest absolute Gasteiger partial charge is 0.262 e. The first-order valence-electron chi connectivity index (χ1n) is 9.38. The van der Waals surface area contributed by atoms with Crippen molar-refractivity contribution in [2.45, 2.75) is 0 Å². The predicted octanol–water partition coefficient (Wildman–Crippen LogP) is 5.65. The van der Waals surface area contributed by atoms with E-state index in [4.69, 9.17) is 25.8 Å². The fraction of sp³-hybridized carbons (Fsp3) is 0.130. The van der Waals surface area contributed by atoms with Crippen molar-refractivity contribution in [1.82, 2.24) is 4.98 Å². The second kappa shape index (κ2) is 9.24.